The maximum Gasteiger partial charge on any atom is 0.255 e. The van der Waals surface area contributed by atoms with Gasteiger partial charge >= 0.3 is 0 Å². The SMILES string of the molecule is O=C(Nc1cccc2ccccc12)c1ccc(N=Cc2cc(Br)cc(Cl)c2O)cc1. The van der Waals surface area contributed by atoms with Crippen LogP contribution >= 0.6 is 27.5 Å². The van der Waals surface area contributed by atoms with Gasteiger partial charge < -0.3 is 10.4 Å². The summed E-state index contributed by atoms with van der Waals surface area (Å²) in [7, 11) is 0. The van der Waals surface area contributed by atoms with Gasteiger partial charge in [-0.15, -0.1) is 0 Å². The monoisotopic (exact) mass is 478 g/mol. The van der Waals surface area contributed by atoms with E-state index >= 15 is 0 Å². The number of hydrogen-bond donors (Lipinski definition) is 2. The lowest BCUT2D eigenvalue weighted by atomic mass is 10.1. The van der Waals surface area contributed by atoms with Crippen LogP contribution in [0.3, 0.4) is 0 Å². The summed E-state index contributed by atoms with van der Waals surface area (Å²) in [4.78, 5) is 17.0. The smallest absolute Gasteiger partial charge is 0.255 e. The molecule has 30 heavy (non-hydrogen) atoms. The number of nitrogens with zero attached hydrogens (tertiary/aromatic N) is 1. The van der Waals surface area contributed by atoms with Crippen LogP contribution in [0.15, 0.2) is 88.3 Å². The van der Waals surface area contributed by atoms with Gasteiger partial charge in [-0.1, -0.05) is 63.9 Å². The molecule has 0 bridgehead atoms. The van der Waals surface area contributed by atoms with Crippen LogP contribution in [-0.4, -0.2) is 17.2 Å². The average Bonchev–Trinajstić information content (AvgIpc) is 2.76. The van der Waals surface area contributed by atoms with Gasteiger partial charge in [0.2, 0.25) is 0 Å². The Bertz CT molecular complexity index is 1260. The van der Waals surface area contributed by atoms with Gasteiger partial charge in [-0.05, 0) is 47.9 Å². The number of benzene rings is 4. The third-order valence-electron chi connectivity index (χ3n) is 4.58. The number of aliphatic imine (C=N–C) groups is 1. The Morgan fingerprint density at radius 2 is 1.73 bits per heavy atom. The van der Waals surface area contributed by atoms with Gasteiger partial charge in [0.05, 0.1) is 10.7 Å². The van der Waals surface area contributed by atoms with E-state index in [1.807, 2.05) is 42.5 Å². The fourth-order valence-electron chi connectivity index (χ4n) is 3.06. The normalized spacial score (nSPS) is 11.1. The van der Waals surface area contributed by atoms with E-state index in [4.69, 9.17) is 11.6 Å². The first kappa shape index (κ1) is 20.1. The Hall–Kier alpha value is -3.15. The van der Waals surface area contributed by atoms with E-state index in [1.165, 1.54) is 6.21 Å². The first-order chi connectivity index (χ1) is 14.5. The van der Waals surface area contributed by atoms with Crippen molar-refractivity contribution in [1.82, 2.24) is 0 Å². The topological polar surface area (TPSA) is 61.7 Å². The zero-order valence-electron chi connectivity index (χ0n) is 15.6. The first-order valence-corrected chi connectivity index (χ1v) is 10.3. The van der Waals surface area contributed by atoms with Crippen molar-refractivity contribution in [2.75, 3.05) is 5.32 Å². The van der Waals surface area contributed by atoms with Crippen LogP contribution in [-0.2, 0) is 0 Å². The van der Waals surface area contributed by atoms with Gasteiger partial charge in [0.1, 0.15) is 5.75 Å². The maximum atomic E-state index is 12.7. The number of aromatic hydroxyl groups is 1. The molecule has 0 unspecified atom stereocenters. The molecule has 0 aliphatic rings. The third-order valence-corrected chi connectivity index (χ3v) is 5.32. The van der Waals surface area contributed by atoms with Crippen LogP contribution in [0.1, 0.15) is 15.9 Å². The maximum absolute atomic E-state index is 12.7. The number of carbonyl (C=O) groups is 1. The fraction of sp³-hybridized carbons (Fsp3) is 0. The molecule has 4 aromatic rings. The van der Waals surface area contributed by atoms with Crippen molar-refractivity contribution in [3.8, 4) is 5.75 Å². The molecule has 0 fully saturated rings. The number of hydrogen-bond acceptors (Lipinski definition) is 3. The largest absolute Gasteiger partial charge is 0.506 e. The predicted molar refractivity (Wildman–Crippen MR) is 126 cm³/mol. The van der Waals surface area contributed by atoms with Crippen molar-refractivity contribution in [3.63, 3.8) is 0 Å². The van der Waals surface area contributed by atoms with E-state index in [1.54, 1.807) is 36.4 Å². The van der Waals surface area contributed by atoms with Crippen LogP contribution < -0.4 is 5.32 Å². The molecule has 2 N–H and O–H groups in total. The van der Waals surface area contributed by atoms with Crippen molar-refractivity contribution in [2.24, 2.45) is 4.99 Å². The molecule has 148 valence electrons. The van der Waals surface area contributed by atoms with Gasteiger partial charge in [-0.2, -0.15) is 0 Å². The summed E-state index contributed by atoms with van der Waals surface area (Å²) in [5.74, 6) is -0.229. The van der Waals surface area contributed by atoms with E-state index < -0.39 is 0 Å². The standard InChI is InChI=1S/C24H16BrClN2O2/c25-18-12-17(23(29)21(26)13-18)14-27-19-10-8-16(9-11-19)24(30)28-22-7-3-5-15-4-1-2-6-20(15)22/h1-14,29H,(H,28,30). The summed E-state index contributed by atoms with van der Waals surface area (Å²) in [6.45, 7) is 0. The van der Waals surface area contributed by atoms with Gasteiger partial charge in [0.25, 0.3) is 5.91 Å². The first-order valence-electron chi connectivity index (χ1n) is 9.12. The van der Waals surface area contributed by atoms with Crippen LogP contribution in [0.4, 0.5) is 11.4 Å². The predicted octanol–water partition coefficient (Wildman–Crippen LogP) is 6.96. The highest BCUT2D eigenvalue weighted by Gasteiger charge is 2.09. The molecular weight excluding hydrogens is 464 g/mol. The summed E-state index contributed by atoms with van der Waals surface area (Å²) in [5.41, 5.74) is 2.43. The lowest BCUT2D eigenvalue weighted by molar-refractivity contribution is 0.102. The summed E-state index contributed by atoms with van der Waals surface area (Å²) >= 11 is 9.31. The van der Waals surface area contributed by atoms with Crippen molar-refractivity contribution in [3.05, 3.63) is 99.5 Å². The van der Waals surface area contributed by atoms with E-state index in [9.17, 15) is 9.90 Å². The molecule has 0 aromatic heterocycles. The number of amides is 1. The van der Waals surface area contributed by atoms with Crippen molar-refractivity contribution in [2.45, 2.75) is 0 Å². The number of rotatable bonds is 4. The molecular formula is C24H16BrClN2O2. The molecule has 0 aliphatic carbocycles. The molecule has 4 rings (SSSR count). The summed E-state index contributed by atoms with van der Waals surface area (Å²) in [6.07, 6.45) is 1.52. The third kappa shape index (κ3) is 4.37. The molecule has 0 spiro atoms. The number of anilines is 1. The van der Waals surface area contributed by atoms with E-state index in [0.29, 0.717) is 16.8 Å². The highest BCUT2D eigenvalue weighted by atomic mass is 79.9. The lowest BCUT2D eigenvalue weighted by Crippen LogP contribution is -2.11. The number of phenolic OH excluding ortho intramolecular Hbond substituents is 1. The Balaban J connectivity index is 1.51. The zero-order chi connectivity index (χ0) is 21.1. The second kappa shape index (κ2) is 8.69. The number of fused-ring (bicyclic) bond motifs is 1. The van der Waals surface area contributed by atoms with Crippen LogP contribution in [0, 0.1) is 0 Å². The molecule has 0 saturated carbocycles. The van der Waals surface area contributed by atoms with Crippen LogP contribution in [0.5, 0.6) is 5.75 Å². The average molecular weight is 480 g/mol. The molecule has 0 radical (unpaired) electrons. The minimum absolute atomic E-state index is 0.0327. The van der Waals surface area contributed by atoms with Gasteiger partial charge in [-0.3, -0.25) is 9.79 Å². The Morgan fingerprint density at radius 3 is 2.53 bits per heavy atom. The highest BCUT2D eigenvalue weighted by Crippen LogP contribution is 2.30. The molecule has 1 amide bonds. The zero-order valence-corrected chi connectivity index (χ0v) is 18.0. The van der Waals surface area contributed by atoms with Crippen molar-refractivity contribution < 1.29 is 9.90 Å². The highest BCUT2D eigenvalue weighted by molar-refractivity contribution is 9.10. The summed E-state index contributed by atoms with van der Waals surface area (Å²) < 4.78 is 0.743. The molecule has 0 heterocycles. The van der Waals surface area contributed by atoms with Crippen LogP contribution in [0.2, 0.25) is 5.02 Å². The molecule has 6 heteroatoms. The lowest BCUT2D eigenvalue weighted by Gasteiger charge is -2.09. The summed E-state index contributed by atoms with van der Waals surface area (Å²) in [5, 5.41) is 15.3. The number of nitrogens with one attached hydrogen (secondary N) is 1. The Morgan fingerprint density at radius 1 is 1.00 bits per heavy atom. The molecule has 0 saturated heterocycles. The number of phenols is 1. The van der Waals surface area contributed by atoms with Crippen LogP contribution in [0.25, 0.3) is 10.8 Å². The Kier molecular flexibility index (Phi) is 5.84. The van der Waals surface area contributed by atoms with Crippen molar-refractivity contribution >= 4 is 61.8 Å². The fourth-order valence-corrected chi connectivity index (χ4v) is 3.89. The van der Waals surface area contributed by atoms with Gasteiger partial charge in [-0.25, -0.2) is 0 Å². The summed E-state index contributed by atoms with van der Waals surface area (Å²) in [6, 6.07) is 23.9. The second-order valence-electron chi connectivity index (χ2n) is 6.61. The molecule has 0 atom stereocenters. The quantitative estimate of drug-likeness (QED) is 0.311. The Labute approximate surface area is 187 Å². The molecule has 4 nitrogen and oxygen atoms in total. The number of halogens is 2. The van der Waals surface area contributed by atoms with Gasteiger partial charge in [0, 0.05) is 32.9 Å². The number of carbonyl (C=O) groups excluding carboxylic acids is 1. The van der Waals surface area contributed by atoms with E-state index in [0.717, 1.165) is 20.9 Å². The second-order valence-corrected chi connectivity index (χ2v) is 7.93. The van der Waals surface area contributed by atoms with E-state index in [2.05, 4.69) is 26.2 Å². The minimum Gasteiger partial charge on any atom is -0.506 e. The molecule has 4 aromatic carbocycles. The van der Waals surface area contributed by atoms with Crippen molar-refractivity contribution in [1.29, 1.82) is 0 Å². The van der Waals surface area contributed by atoms with Gasteiger partial charge in [0.15, 0.2) is 0 Å². The minimum atomic E-state index is -0.196. The van der Waals surface area contributed by atoms with E-state index in [-0.39, 0.29) is 16.7 Å². The molecule has 0 aliphatic heterocycles.